The Morgan fingerprint density at radius 1 is 1.53 bits per heavy atom. The standard InChI is InChI=1S/C13H17N3O3/c1-16-7-9(3-5-12(16)17)15-11-4-2-8(14)6-10(11)13(18)19/h2,4,6,9,15H,3,5,7,14H2,1H3,(H,18,19). The van der Waals surface area contributed by atoms with Crippen LogP contribution in [0, 0.1) is 0 Å². The van der Waals surface area contributed by atoms with E-state index >= 15 is 0 Å². The molecule has 19 heavy (non-hydrogen) atoms. The van der Waals surface area contributed by atoms with E-state index in [1.807, 2.05) is 0 Å². The molecule has 0 spiro atoms. The molecular formula is C13H17N3O3. The Bertz CT molecular complexity index is 516. The van der Waals surface area contributed by atoms with Gasteiger partial charge in [-0.3, -0.25) is 4.79 Å². The molecule has 1 aromatic carbocycles. The minimum absolute atomic E-state index is 0.0597. The summed E-state index contributed by atoms with van der Waals surface area (Å²) in [7, 11) is 1.75. The van der Waals surface area contributed by atoms with Gasteiger partial charge in [0.2, 0.25) is 5.91 Å². The van der Waals surface area contributed by atoms with Crippen molar-refractivity contribution in [2.75, 3.05) is 24.6 Å². The Morgan fingerprint density at radius 3 is 2.89 bits per heavy atom. The summed E-state index contributed by atoms with van der Waals surface area (Å²) in [5, 5.41) is 12.3. The quantitative estimate of drug-likeness (QED) is 0.707. The maximum Gasteiger partial charge on any atom is 0.337 e. The molecule has 2 rings (SSSR count). The smallest absolute Gasteiger partial charge is 0.337 e. The molecule has 0 saturated carbocycles. The number of nitrogens with one attached hydrogen (secondary N) is 1. The molecule has 1 unspecified atom stereocenters. The van der Waals surface area contributed by atoms with Gasteiger partial charge in [-0.1, -0.05) is 0 Å². The lowest BCUT2D eigenvalue weighted by atomic mass is 10.0. The Labute approximate surface area is 111 Å². The summed E-state index contributed by atoms with van der Waals surface area (Å²) in [6.45, 7) is 0.572. The molecule has 6 nitrogen and oxygen atoms in total. The molecule has 4 N–H and O–H groups in total. The van der Waals surface area contributed by atoms with Gasteiger partial charge in [-0.25, -0.2) is 4.79 Å². The number of nitrogen functional groups attached to an aromatic ring is 1. The number of carbonyl (C=O) groups is 2. The number of nitrogens with zero attached hydrogens (tertiary/aromatic N) is 1. The monoisotopic (exact) mass is 263 g/mol. The Morgan fingerprint density at radius 2 is 2.26 bits per heavy atom. The van der Waals surface area contributed by atoms with Crippen LogP contribution in [0.2, 0.25) is 0 Å². The van der Waals surface area contributed by atoms with Crippen molar-refractivity contribution in [3.05, 3.63) is 23.8 Å². The lowest BCUT2D eigenvalue weighted by molar-refractivity contribution is -0.132. The van der Waals surface area contributed by atoms with Crippen LogP contribution in [0.4, 0.5) is 11.4 Å². The van der Waals surface area contributed by atoms with Crippen LogP contribution in [0.15, 0.2) is 18.2 Å². The number of nitrogens with two attached hydrogens (primary N) is 1. The number of amides is 1. The van der Waals surface area contributed by atoms with Crippen LogP contribution < -0.4 is 11.1 Å². The summed E-state index contributed by atoms with van der Waals surface area (Å²) in [6, 6.07) is 4.81. The first-order chi connectivity index (χ1) is 8.97. The highest BCUT2D eigenvalue weighted by Gasteiger charge is 2.23. The van der Waals surface area contributed by atoms with Crippen LogP contribution in [-0.4, -0.2) is 41.5 Å². The van der Waals surface area contributed by atoms with Gasteiger partial charge in [0.15, 0.2) is 0 Å². The van der Waals surface area contributed by atoms with E-state index in [0.29, 0.717) is 30.8 Å². The summed E-state index contributed by atoms with van der Waals surface area (Å²) in [6.07, 6.45) is 1.18. The zero-order valence-electron chi connectivity index (χ0n) is 10.7. The molecule has 0 aliphatic carbocycles. The SMILES string of the molecule is CN1CC(Nc2ccc(N)cc2C(=O)O)CCC1=O. The summed E-state index contributed by atoms with van der Waals surface area (Å²) >= 11 is 0. The number of benzene rings is 1. The van der Waals surface area contributed by atoms with Crippen LogP contribution in [-0.2, 0) is 4.79 Å². The fourth-order valence-corrected chi connectivity index (χ4v) is 2.21. The lowest BCUT2D eigenvalue weighted by Gasteiger charge is -2.31. The van der Waals surface area contributed by atoms with E-state index in [2.05, 4.69) is 5.32 Å². The number of hydrogen-bond acceptors (Lipinski definition) is 4. The zero-order chi connectivity index (χ0) is 14.0. The number of carbonyl (C=O) groups excluding carboxylic acids is 1. The van der Waals surface area contributed by atoms with Crippen molar-refractivity contribution in [3.63, 3.8) is 0 Å². The molecule has 1 aromatic rings. The number of anilines is 2. The van der Waals surface area contributed by atoms with Crippen molar-refractivity contribution in [1.82, 2.24) is 4.90 Å². The Kier molecular flexibility index (Phi) is 3.59. The van der Waals surface area contributed by atoms with E-state index in [0.717, 1.165) is 0 Å². The predicted molar refractivity (Wildman–Crippen MR) is 72.1 cm³/mol. The molecule has 1 amide bonds. The first kappa shape index (κ1) is 13.2. The molecule has 102 valence electrons. The number of likely N-dealkylation sites (N-methyl/N-ethyl adjacent to an activating group) is 1. The van der Waals surface area contributed by atoms with Gasteiger partial charge in [0, 0.05) is 37.4 Å². The van der Waals surface area contributed by atoms with E-state index in [-0.39, 0.29) is 17.5 Å². The third-order valence-electron chi connectivity index (χ3n) is 3.26. The first-order valence-electron chi connectivity index (χ1n) is 6.10. The van der Waals surface area contributed by atoms with Crippen LogP contribution in [0.5, 0.6) is 0 Å². The Hall–Kier alpha value is -2.24. The van der Waals surface area contributed by atoms with E-state index in [1.54, 1.807) is 24.1 Å². The van der Waals surface area contributed by atoms with Gasteiger partial charge in [0.1, 0.15) is 0 Å². The first-order valence-corrected chi connectivity index (χ1v) is 6.10. The van der Waals surface area contributed by atoms with Crippen molar-refractivity contribution in [2.45, 2.75) is 18.9 Å². The molecule has 1 atom stereocenters. The molecule has 1 fully saturated rings. The van der Waals surface area contributed by atoms with Gasteiger partial charge in [0.25, 0.3) is 0 Å². The maximum atomic E-state index is 11.4. The van der Waals surface area contributed by atoms with E-state index in [1.165, 1.54) is 6.07 Å². The van der Waals surface area contributed by atoms with Gasteiger partial charge < -0.3 is 21.1 Å². The molecule has 0 bridgehead atoms. The molecule has 6 heteroatoms. The highest BCUT2D eigenvalue weighted by molar-refractivity contribution is 5.95. The largest absolute Gasteiger partial charge is 0.478 e. The highest BCUT2D eigenvalue weighted by atomic mass is 16.4. The van der Waals surface area contributed by atoms with Crippen molar-refractivity contribution in [1.29, 1.82) is 0 Å². The second-order valence-electron chi connectivity index (χ2n) is 4.76. The van der Waals surface area contributed by atoms with Gasteiger partial charge >= 0.3 is 5.97 Å². The molecule has 1 heterocycles. The predicted octanol–water partition coefficient (Wildman–Crippen LogP) is 1.000. The fourth-order valence-electron chi connectivity index (χ4n) is 2.21. The summed E-state index contributed by atoms with van der Waals surface area (Å²) in [5.41, 5.74) is 6.70. The third kappa shape index (κ3) is 2.96. The van der Waals surface area contributed by atoms with Crippen molar-refractivity contribution in [2.24, 2.45) is 0 Å². The van der Waals surface area contributed by atoms with Gasteiger partial charge in [-0.05, 0) is 24.6 Å². The van der Waals surface area contributed by atoms with E-state index in [4.69, 9.17) is 10.8 Å². The number of piperidine rings is 1. The number of aromatic carboxylic acids is 1. The van der Waals surface area contributed by atoms with Crippen LogP contribution >= 0.6 is 0 Å². The maximum absolute atomic E-state index is 11.4. The number of carboxylic acid groups (broad SMARTS) is 1. The van der Waals surface area contributed by atoms with Crippen molar-refractivity contribution < 1.29 is 14.7 Å². The minimum Gasteiger partial charge on any atom is -0.478 e. The van der Waals surface area contributed by atoms with E-state index < -0.39 is 5.97 Å². The molecule has 1 aliphatic rings. The summed E-state index contributed by atoms with van der Waals surface area (Å²) in [4.78, 5) is 24.2. The second kappa shape index (κ2) is 5.17. The van der Waals surface area contributed by atoms with Crippen molar-refractivity contribution in [3.8, 4) is 0 Å². The molecule has 1 aliphatic heterocycles. The molecular weight excluding hydrogens is 246 g/mol. The molecule has 0 radical (unpaired) electrons. The second-order valence-corrected chi connectivity index (χ2v) is 4.76. The van der Waals surface area contributed by atoms with Gasteiger partial charge in [-0.2, -0.15) is 0 Å². The number of likely N-dealkylation sites (tertiary alicyclic amines) is 1. The van der Waals surface area contributed by atoms with E-state index in [9.17, 15) is 9.59 Å². The highest BCUT2D eigenvalue weighted by Crippen LogP contribution is 2.22. The number of carboxylic acids is 1. The third-order valence-corrected chi connectivity index (χ3v) is 3.26. The van der Waals surface area contributed by atoms with Crippen molar-refractivity contribution >= 4 is 23.3 Å². The topological polar surface area (TPSA) is 95.7 Å². The minimum atomic E-state index is -1.02. The molecule has 1 saturated heterocycles. The van der Waals surface area contributed by atoms with Crippen LogP contribution in [0.25, 0.3) is 0 Å². The normalized spacial score (nSPS) is 19.3. The lowest BCUT2D eigenvalue weighted by Crippen LogP contribution is -2.43. The number of hydrogen-bond donors (Lipinski definition) is 3. The molecule has 0 aromatic heterocycles. The number of rotatable bonds is 3. The average Bonchev–Trinajstić information content (AvgIpc) is 2.36. The van der Waals surface area contributed by atoms with Gasteiger partial charge in [-0.15, -0.1) is 0 Å². The zero-order valence-corrected chi connectivity index (χ0v) is 10.7. The Balaban J connectivity index is 2.15. The average molecular weight is 263 g/mol. The van der Waals surface area contributed by atoms with Gasteiger partial charge in [0.05, 0.1) is 5.56 Å². The van der Waals surface area contributed by atoms with Crippen LogP contribution in [0.1, 0.15) is 23.2 Å². The fraction of sp³-hybridized carbons (Fsp3) is 0.385. The van der Waals surface area contributed by atoms with Crippen LogP contribution in [0.3, 0.4) is 0 Å². The summed E-state index contributed by atoms with van der Waals surface area (Å²) < 4.78 is 0. The summed E-state index contributed by atoms with van der Waals surface area (Å²) in [5.74, 6) is -0.899.